The number of aromatic hydroxyl groups is 2. The summed E-state index contributed by atoms with van der Waals surface area (Å²) in [5, 5.41) is 18.7. The van der Waals surface area contributed by atoms with Gasteiger partial charge in [0.05, 0.1) is 14.2 Å². The summed E-state index contributed by atoms with van der Waals surface area (Å²) in [6, 6.07) is 10.2. The smallest absolute Gasteiger partial charge is 0.157 e. The van der Waals surface area contributed by atoms with E-state index in [9.17, 15) is 10.2 Å². The van der Waals surface area contributed by atoms with Crippen LogP contribution in [-0.4, -0.2) is 29.9 Å². The van der Waals surface area contributed by atoms with E-state index in [1.54, 1.807) is 26.4 Å². The highest BCUT2D eigenvalue weighted by Crippen LogP contribution is 2.27. The third kappa shape index (κ3) is 4.15. The summed E-state index contributed by atoms with van der Waals surface area (Å²) in [6.45, 7) is 0. The molecule has 2 rings (SSSR count). The first-order chi connectivity index (χ1) is 9.62. The fourth-order valence-electron chi connectivity index (χ4n) is 1.76. The number of benzene rings is 2. The summed E-state index contributed by atoms with van der Waals surface area (Å²) >= 11 is 0. The quantitative estimate of drug-likeness (QED) is 0.668. The third-order valence-electron chi connectivity index (χ3n) is 2.84. The molecule has 5 heteroatoms. The van der Waals surface area contributed by atoms with E-state index >= 15 is 0 Å². The predicted octanol–water partition coefficient (Wildman–Crippen LogP) is 2.46. The maximum Gasteiger partial charge on any atom is 0.157 e. The van der Waals surface area contributed by atoms with Crippen LogP contribution in [0.5, 0.6) is 23.0 Å². The molecule has 0 aromatic heterocycles. The molecule has 0 radical (unpaired) electrons. The zero-order chi connectivity index (χ0) is 14.5. The normalized spacial score (nSPS) is 10.2. The average Bonchev–Trinajstić information content (AvgIpc) is 2.48. The van der Waals surface area contributed by atoms with Gasteiger partial charge < -0.3 is 25.2 Å². The Balaban J connectivity index is 0.00000220. The summed E-state index contributed by atoms with van der Waals surface area (Å²) in [7, 11) is 3.19. The third-order valence-corrected chi connectivity index (χ3v) is 2.84. The molecule has 0 fully saturated rings. The van der Waals surface area contributed by atoms with Crippen LogP contribution in [0, 0.1) is 0 Å². The van der Waals surface area contributed by atoms with Crippen LogP contribution in [0.1, 0.15) is 11.1 Å². The van der Waals surface area contributed by atoms with Gasteiger partial charge in [0.15, 0.2) is 11.5 Å². The van der Waals surface area contributed by atoms with Crippen molar-refractivity contribution in [2.24, 2.45) is 0 Å². The molecule has 0 saturated carbocycles. The van der Waals surface area contributed by atoms with Gasteiger partial charge in [-0.3, -0.25) is 0 Å². The standard InChI is InChI=1S/C16H16O4.H2O/c1-19-13-7-12(8-14(10-13)20-2)4-3-11-5-6-15(17)16(18)9-11;/h3-10,17-18H,1-2H3;1H2/b4-3+;. The zero-order valence-corrected chi connectivity index (χ0v) is 11.8. The van der Waals surface area contributed by atoms with Gasteiger partial charge in [-0.15, -0.1) is 0 Å². The Morgan fingerprint density at radius 2 is 1.33 bits per heavy atom. The van der Waals surface area contributed by atoms with E-state index in [-0.39, 0.29) is 17.0 Å². The summed E-state index contributed by atoms with van der Waals surface area (Å²) in [5.74, 6) is 1.13. The summed E-state index contributed by atoms with van der Waals surface area (Å²) in [4.78, 5) is 0. The zero-order valence-electron chi connectivity index (χ0n) is 11.8. The highest BCUT2D eigenvalue weighted by atomic mass is 16.5. The van der Waals surface area contributed by atoms with Crippen molar-refractivity contribution in [1.82, 2.24) is 0 Å². The lowest BCUT2D eigenvalue weighted by Crippen LogP contribution is -1.88. The van der Waals surface area contributed by atoms with Crippen molar-refractivity contribution in [3.05, 3.63) is 47.5 Å². The first-order valence-electron chi connectivity index (χ1n) is 6.05. The molecule has 0 bridgehead atoms. The number of rotatable bonds is 4. The molecule has 0 aliphatic heterocycles. The molecule has 5 nitrogen and oxygen atoms in total. The lowest BCUT2D eigenvalue weighted by molar-refractivity contribution is 0.394. The van der Waals surface area contributed by atoms with Gasteiger partial charge in [0.2, 0.25) is 0 Å². The highest BCUT2D eigenvalue weighted by Gasteiger charge is 2.00. The summed E-state index contributed by atoms with van der Waals surface area (Å²) < 4.78 is 10.4. The fraction of sp³-hybridized carbons (Fsp3) is 0.125. The molecular formula is C16H18O5. The summed E-state index contributed by atoms with van der Waals surface area (Å²) in [6.07, 6.45) is 3.70. The molecule has 2 aromatic rings. The molecule has 2 aromatic carbocycles. The molecule has 0 aliphatic carbocycles. The number of phenolic OH excluding ortho intramolecular Hbond substituents is 2. The van der Waals surface area contributed by atoms with E-state index in [2.05, 4.69) is 0 Å². The maximum absolute atomic E-state index is 9.44. The van der Waals surface area contributed by atoms with Crippen LogP contribution in [0.15, 0.2) is 36.4 Å². The fourth-order valence-corrected chi connectivity index (χ4v) is 1.76. The second-order valence-corrected chi connectivity index (χ2v) is 4.23. The number of hydrogen-bond donors (Lipinski definition) is 2. The van der Waals surface area contributed by atoms with Gasteiger partial charge in [0.25, 0.3) is 0 Å². The van der Waals surface area contributed by atoms with Crippen molar-refractivity contribution >= 4 is 12.2 Å². The molecular weight excluding hydrogens is 272 g/mol. The van der Waals surface area contributed by atoms with Gasteiger partial charge in [0, 0.05) is 6.07 Å². The number of hydrogen-bond acceptors (Lipinski definition) is 4. The Labute approximate surface area is 123 Å². The first kappa shape index (κ1) is 16.4. The Hall–Kier alpha value is -2.66. The molecule has 0 spiro atoms. The predicted molar refractivity (Wildman–Crippen MR) is 81.9 cm³/mol. The van der Waals surface area contributed by atoms with Crippen LogP contribution in [0.25, 0.3) is 12.2 Å². The highest BCUT2D eigenvalue weighted by molar-refractivity contribution is 5.72. The van der Waals surface area contributed by atoms with Crippen LogP contribution >= 0.6 is 0 Å². The van der Waals surface area contributed by atoms with E-state index in [0.29, 0.717) is 11.5 Å². The van der Waals surface area contributed by atoms with Gasteiger partial charge in [-0.05, 0) is 35.4 Å². The van der Waals surface area contributed by atoms with Gasteiger partial charge in [0.1, 0.15) is 11.5 Å². The largest absolute Gasteiger partial charge is 0.504 e. The molecule has 112 valence electrons. The van der Waals surface area contributed by atoms with Crippen LogP contribution in [0.4, 0.5) is 0 Å². The van der Waals surface area contributed by atoms with Gasteiger partial charge in [-0.1, -0.05) is 18.2 Å². The molecule has 0 amide bonds. The first-order valence-corrected chi connectivity index (χ1v) is 6.05. The SMILES string of the molecule is COc1cc(/C=C/c2ccc(O)c(O)c2)cc(OC)c1.O. The molecule has 0 saturated heterocycles. The molecule has 0 atom stereocenters. The lowest BCUT2D eigenvalue weighted by atomic mass is 10.1. The van der Waals surface area contributed by atoms with Crippen molar-refractivity contribution in [2.75, 3.05) is 14.2 Å². The van der Waals surface area contributed by atoms with Crippen LogP contribution in [-0.2, 0) is 0 Å². The molecule has 21 heavy (non-hydrogen) atoms. The second kappa shape index (κ2) is 7.21. The van der Waals surface area contributed by atoms with Crippen LogP contribution in [0.3, 0.4) is 0 Å². The molecule has 0 unspecified atom stereocenters. The van der Waals surface area contributed by atoms with Gasteiger partial charge in [-0.25, -0.2) is 0 Å². The average molecular weight is 290 g/mol. The topological polar surface area (TPSA) is 90.4 Å². The van der Waals surface area contributed by atoms with Crippen molar-refractivity contribution in [1.29, 1.82) is 0 Å². The molecule has 0 aliphatic rings. The van der Waals surface area contributed by atoms with Crippen molar-refractivity contribution in [3.63, 3.8) is 0 Å². The Morgan fingerprint density at radius 3 is 1.86 bits per heavy atom. The Kier molecular flexibility index (Phi) is 5.63. The van der Waals surface area contributed by atoms with Crippen molar-refractivity contribution < 1.29 is 25.2 Å². The van der Waals surface area contributed by atoms with E-state index in [1.807, 2.05) is 24.3 Å². The molecule has 4 N–H and O–H groups in total. The lowest BCUT2D eigenvalue weighted by Gasteiger charge is -2.05. The monoisotopic (exact) mass is 290 g/mol. The van der Waals surface area contributed by atoms with E-state index in [1.165, 1.54) is 12.1 Å². The number of phenols is 2. The van der Waals surface area contributed by atoms with Gasteiger partial charge >= 0.3 is 0 Å². The Bertz CT molecular complexity index is 612. The van der Waals surface area contributed by atoms with Gasteiger partial charge in [-0.2, -0.15) is 0 Å². The number of methoxy groups -OCH3 is 2. The van der Waals surface area contributed by atoms with E-state index in [4.69, 9.17) is 9.47 Å². The van der Waals surface area contributed by atoms with Crippen LogP contribution in [0.2, 0.25) is 0 Å². The van der Waals surface area contributed by atoms with Crippen molar-refractivity contribution in [2.45, 2.75) is 0 Å². The maximum atomic E-state index is 9.44. The minimum Gasteiger partial charge on any atom is -0.504 e. The van der Waals surface area contributed by atoms with Crippen molar-refractivity contribution in [3.8, 4) is 23.0 Å². The molecule has 0 heterocycles. The Morgan fingerprint density at radius 1 is 0.762 bits per heavy atom. The van der Waals surface area contributed by atoms with Crippen LogP contribution < -0.4 is 9.47 Å². The number of ether oxygens (including phenoxy) is 2. The minimum atomic E-state index is -0.143. The minimum absolute atomic E-state index is 0. The second-order valence-electron chi connectivity index (χ2n) is 4.23. The van der Waals surface area contributed by atoms with E-state index < -0.39 is 0 Å². The summed E-state index contributed by atoms with van der Waals surface area (Å²) in [5.41, 5.74) is 1.69. The van der Waals surface area contributed by atoms with E-state index in [0.717, 1.165) is 11.1 Å².